The summed E-state index contributed by atoms with van der Waals surface area (Å²) >= 11 is 0. The van der Waals surface area contributed by atoms with Gasteiger partial charge in [-0.15, -0.1) is 0 Å². The molecular weight excluding hydrogens is 240 g/mol. The first-order valence-electron chi connectivity index (χ1n) is 5.97. The van der Waals surface area contributed by atoms with E-state index in [-0.39, 0.29) is 5.91 Å². The lowest BCUT2D eigenvalue weighted by molar-refractivity contribution is 0.0959. The van der Waals surface area contributed by atoms with E-state index in [1.54, 1.807) is 19.3 Å². The predicted octanol–water partition coefficient (Wildman–Crippen LogP) is 3.14. The Morgan fingerprint density at radius 3 is 2.47 bits per heavy atom. The maximum atomic E-state index is 12.4. The van der Waals surface area contributed by atoms with Gasteiger partial charge < -0.3 is 4.52 Å². The summed E-state index contributed by atoms with van der Waals surface area (Å²) in [5, 5.41) is 4.01. The SMILES string of the molecule is Cc1onc(-c2ccccc2)c1C(=O)n1cccc1. The molecule has 0 amide bonds. The molecule has 19 heavy (non-hydrogen) atoms. The van der Waals surface area contributed by atoms with E-state index in [0.717, 1.165) is 5.56 Å². The zero-order valence-corrected chi connectivity index (χ0v) is 10.4. The molecule has 0 bridgehead atoms. The van der Waals surface area contributed by atoms with Gasteiger partial charge in [-0.05, 0) is 19.1 Å². The normalized spacial score (nSPS) is 10.6. The predicted molar refractivity (Wildman–Crippen MR) is 70.8 cm³/mol. The fourth-order valence-corrected chi connectivity index (χ4v) is 2.02. The molecule has 0 saturated carbocycles. The summed E-state index contributed by atoms with van der Waals surface area (Å²) in [7, 11) is 0. The van der Waals surface area contributed by atoms with Gasteiger partial charge in [0, 0.05) is 18.0 Å². The third kappa shape index (κ3) is 1.97. The van der Waals surface area contributed by atoms with Crippen molar-refractivity contribution in [2.45, 2.75) is 6.92 Å². The van der Waals surface area contributed by atoms with Crippen molar-refractivity contribution in [1.82, 2.24) is 9.72 Å². The van der Waals surface area contributed by atoms with E-state index in [4.69, 9.17) is 4.52 Å². The standard InChI is InChI=1S/C15H12N2O2/c1-11-13(15(18)17-9-5-6-10-17)14(16-19-11)12-7-3-2-4-8-12/h2-10H,1H3. The fourth-order valence-electron chi connectivity index (χ4n) is 2.02. The van der Waals surface area contributed by atoms with Crippen LogP contribution in [0, 0.1) is 6.92 Å². The molecule has 0 unspecified atom stereocenters. The minimum absolute atomic E-state index is 0.136. The van der Waals surface area contributed by atoms with Crippen LogP contribution in [0.5, 0.6) is 0 Å². The molecule has 0 radical (unpaired) electrons. The summed E-state index contributed by atoms with van der Waals surface area (Å²) in [5.74, 6) is 0.389. The lowest BCUT2D eigenvalue weighted by Gasteiger charge is -2.02. The number of carbonyl (C=O) groups excluding carboxylic acids is 1. The maximum absolute atomic E-state index is 12.4. The summed E-state index contributed by atoms with van der Waals surface area (Å²) in [6.07, 6.45) is 3.42. The van der Waals surface area contributed by atoms with Gasteiger partial charge >= 0.3 is 0 Å². The topological polar surface area (TPSA) is 48.0 Å². The van der Waals surface area contributed by atoms with E-state index >= 15 is 0 Å². The van der Waals surface area contributed by atoms with Gasteiger partial charge in [0.1, 0.15) is 17.0 Å². The van der Waals surface area contributed by atoms with Gasteiger partial charge in [0.05, 0.1) is 0 Å². The molecular formula is C15H12N2O2. The minimum Gasteiger partial charge on any atom is -0.360 e. The van der Waals surface area contributed by atoms with Gasteiger partial charge in [-0.2, -0.15) is 0 Å². The van der Waals surface area contributed by atoms with E-state index in [1.165, 1.54) is 4.57 Å². The largest absolute Gasteiger partial charge is 0.360 e. The first-order chi connectivity index (χ1) is 9.27. The van der Waals surface area contributed by atoms with Crippen molar-refractivity contribution >= 4 is 5.91 Å². The van der Waals surface area contributed by atoms with Gasteiger partial charge in [-0.25, -0.2) is 0 Å². The molecule has 3 rings (SSSR count). The zero-order valence-electron chi connectivity index (χ0n) is 10.4. The molecule has 2 aromatic heterocycles. The second-order valence-corrected chi connectivity index (χ2v) is 4.22. The molecule has 0 aliphatic carbocycles. The molecule has 0 atom stereocenters. The molecule has 0 spiro atoms. The van der Waals surface area contributed by atoms with Crippen molar-refractivity contribution in [3.05, 3.63) is 66.2 Å². The molecule has 0 saturated heterocycles. The van der Waals surface area contributed by atoms with Crippen LogP contribution in [0.2, 0.25) is 0 Å². The second-order valence-electron chi connectivity index (χ2n) is 4.22. The Hall–Kier alpha value is -2.62. The summed E-state index contributed by atoms with van der Waals surface area (Å²) in [6.45, 7) is 1.75. The van der Waals surface area contributed by atoms with Gasteiger partial charge in [0.15, 0.2) is 0 Å². The average molecular weight is 252 g/mol. The first kappa shape index (κ1) is 11.5. The molecule has 4 heteroatoms. The van der Waals surface area contributed by atoms with Crippen LogP contribution in [0.1, 0.15) is 16.1 Å². The van der Waals surface area contributed by atoms with Crippen LogP contribution in [-0.2, 0) is 0 Å². The molecule has 94 valence electrons. The highest BCUT2D eigenvalue weighted by atomic mass is 16.5. The van der Waals surface area contributed by atoms with Crippen LogP contribution in [0.15, 0.2) is 59.4 Å². The van der Waals surface area contributed by atoms with Crippen molar-refractivity contribution in [1.29, 1.82) is 0 Å². The van der Waals surface area contributed by atoms with Gasteiger partial charge in [0.2, 0.25) is 0 Å². The smallest absolute Gasteiger partial charge is 0.267 e. The number of aryl methyl sites for hydroxylation is 1. The van der Waals surface area contributed by atoms with E-state index < -0.39 is 0 Å². The molecule has 4 nitrogen and oxygen atoms in total. The summed E-state index contributed by atoms with van der Waals surface area (Å²) < 4.78 is 6.70. The fraction of sp³-hybridized carbons (Fsp3) is 0.0667. The Kier molecular flexibility index (Phi) is 2.76. The van der Waals surface area contributed by atoms with E-state index in [9.17, 15) is 4.79 Å². The lowest BCUT2D eigenvalue weighted by atomic mass is 10.1. The van der Waals surface area contributed by atoms with Crippen molar-refractivity contribution in [2.24, 2.45) is 0 Å². The van der Waals surface area contributed by atoms with Crippen LogP contribution in [0.25, 0.3) is 11.3 Å². The van der Waals surface area contributed by atoms with Crippen LogP contribution in [-0.4, -0.2) is 15.6 Å². The van der Waals surface area contributed by atoms with Gasteiger partial charge in [-0.1, -0.05) is 35.5 Å². The number of hydrogen-bond donors (Lipinski definition) is 0. The van der Waals surface area contributed by atoms with Crippen LogP contribution < -0.4 is 0 Å². The highest BCUT2D eigenvalue weighted by Crippen LogP contribution is 2.25. The van der Waals surface area contributed by atoms with Crippen molar-refractivity contribution in [3.8, 4) is 11.3 Å². The molecule has 0 fully saturated rings. The lowest BCUT2D eigenvalue weighted by Crippen LogP contribution is -2.11. The molecule has 0 N–H and O–H groups in total. The molecule has 3 aromatic rings. The average Bonchev–Trinajstić information content (AvgIpc) is 3.08. The highest BCUT2D eigenvalue weighted by Gasteiger charge is 2.22. The first-order valence-corrected chi connectivity index (χ1v) is 5.97. The Morgan fingerprint density at radius 1 is 1.11 bits per heavy atom. The Bertz CT molecular complexity index is 697. The second kappa shape index (κ2) is 4.57. The Balaban J connectivity index is 2.12. The number of hydrogen-bond acceptors (Lipinski definition) is 3. The number of carbonyl (C=O) groups is 1. The van der Waals surface area contributed by atoms with Gasteiger partial charge in [0.25, 0.3) is 5.91 Å². The van der Waals surface area contributed by atoms with Crippen molar-refractivity contribution < 1.29 is 9.32 Å². The Labute approximate surface area is 110 Å². The van der Waals surface area contributed by atoms with Crippen LogP contribution >= 0.6 is 0 Å². The third-order valence-corrected chi connectivity index (χ3v) is 2.96. The quantitative estimate of drug-likeness (QED) is 0.704. The number of nitrogens with zero attached hydrogens (tertiary/aromatic N) is 2. The summed E-state index contributed by atoms with van der Waals surface area (Å²) in [4.78, 5) is 12.4. The van der Waals surface area contributed by atoms with Crippen LogP contribution in [0.3, 0.4) is 0 Å². The van der Waals surface area contributed by atoms with E-state index in [1.807, 2.05) is 42.5 Å². The summed E-state index contributed by atoms with van der Waals surface area (Å²) in [6, 6.07) is 13.2. The highest BCUT2D eigenvalue weighted by molar-refractivity contribution is 6.02. The molecule has 0 aliphatic rings. The summed E-state index contributed by atoms with van der Waals surface area (Å²) in [5.41, 5.74) is 1.95. The maximum Gasteiger partial charge on any atom is 0.267 e. The molecule has 0 aliphatic heterocycles. The Morgan fingerprint density at radius 2 is 1.79 bits per heavy atom. The van der Waals surface area contributed by atoms with Crippen molar-refractivity contribution in [3.63, 3.8) is 0 Å². The number of aromatic nitrogens is 2. The molecule has 1 aromatic carbocycles. The number of rotatable bonds is 2. The van der Waals surface area contributed by atoms with E-state index in [0.29, 0.717) is 17.0 Å². The van der Waals surface area contributed by atoms with Crippen molar-refractivity contribution in [2.75, 3.05) is 0 Å². The van der Waals surface area contributed by atoms with E-state index in [2.05, 4.69) is 5.16 Å². The zero-order chi connectivity index (χ0) is 13.2. The third-order valence-electron chi connectivity index (χ3n) is 2.96. The van der Waals surface area contributed by atoms with Crippen LogP contribution in [0.4, 0.5) is 0 Å². The number of benzene rings is 1. The monoisotopic (exact) mass is 252 g/mol. The van der Waals surface area contributed by atoms with Gasteiger partial charge in [-0.3, -0.25) is 9.36 Å². The minimum atomic E-state index is -0.136. The molecule has 2 heterocycles.